The van der Waals surface area contributed by atoms with Crippen molar-refractivity contribution in [2.45, 2.75) is 26.7 Å². The minimum absolute atomic E-state index is 0.278. The molecule has 0 saturated carbocycles. The van der Waals surface area contributed by atoms with E-state index in [0.29, 0.717) is 41.4 Å². The highest BCUT2D eigenvalue weighted by Crippen LogP contribution is 2.29. The molecule has 3 rings (SSSR count). The number of carbonyl (C=O) groups excluding carboxylic acids is 2. The van der Waals surface area contributed by atoms with E-state index in [2.05, 4.69) is 21.0 Å². The summed E-state index contributed by atoms with van der Waals surface area (Å²) in [5.74, 6) is -0.0482. The highest BCUT2D eigenvalue weighted by Gasteiger charge is 2.15. The number of hydrogen-bond acceptors (Lipinski definition) is 8. The molecule has 30 heavy (non-hydrogen) atoms. The fourth-order valence-corrected chi connectivity index (χ4v) is 3.21. The Labute approximate surface area is 178 Å². The molecule has 0 bridgehead atoms. The average molecular weight is 429 g/mol. The van der Waals surface area contributed by atoms with E-state index in [1.54, 1.807) is 36.4 Å². The van der Waals surface area contributed by atoms with Crippen LogP contribution in [0.25, 0.3) is 11.0 Å². The third-order valence-electron chi connectivity index (χ3n) is 4.13. The zero-order chi connectivity index (χ0) is 21.3. The largest absolute Gasteiger partial charge is 0.490 e. The normalized spacial score (nSPS) is 10.6. The van der Waals surface area contributed by atoms with Crippen molar-refractivity contribution in [3.8, 4) is 11.5 Å². The zero-order valence-corrected chi connectivity index (χ0v) is 17.7. The average Bonchev–Trinajstić information content (AvgIpc) is 3.23. The summed E-state index contributed by atoms with van der Waals surface area (Å²) < 4.78 is 24.7. The summed E-state index contributed by atoms with van der Waals surface area (Å²) in [6.45, 7) is 4.51. The minimum Gasteiger partial charge on any atom is -0.490 e. The van der Waals surface area contributed by atoms with Crippen LogP contribution in [-0.2, 0) is 9.53 Å². The lowest BCUT2D eigenvalue weighted by molar-refractivity contribution is -0.119. The van der Waals surface area contributed by atoms with Crippen molar-refractivity contribution in [2.24, 2.45) is 0 Å². The predicted molar refractivity (Wildman–Crippen MR) is 114 cm³/mol. The third kappa shape index (κ3) is 5.44. The Bertz CT molecular complexity index is 1020. The Balaban J connectivity index is 1.60. The van der Waals surface area contributed by atoms with Crippen LogP contribution >= 0.6 is 11.7 Å². The Kier molecular flexibility index (Phi) is 7.56. The van der Waals surface area contributed by atoms with Crippen molar-refractivity contribution in [3.05, 3.63) is 42.0 Å². The topological polar surface area (TPSA) is 99.6 Å². The molecule has 0 atom stereocenters. The predicted octanol–water partition coefficient (Wildman–Crippen LogP) is 4.06. The number of rotatable bonds is 10. The fraction of sp³-hybridized carbons (Fsp3) is 0.333. The van der Waals surface area contributed by atoms with Crippen LogP contribution in [0.1, 0.15) is 37.0 Å². The molecule has 0 unspecified atom stereocenters. The number of amides is 1. The lowest BCUT2D eigenvalue weighted by Crippen LogP contribution is -2.21. The van der Waals surface area contributed by atoms with Gasteiger partial charge in [0.05, 0.1) is 36.2 Å². The summed E-state index contributed by atoms with van der Waals surface area (Å²) in [4.78, 5) is 24.6. The van der Waals surface area contributed by atoms with E-state index in [9.17, 15) is 9.59 Å². The van der Waals surface area contributed by atoms with Gasteiger partial charge in [-0.3, -0.25) is 4.79 Å². The highest BCUT2D eigenvalue weighted by atomic mass is 32.1. The number of nitrogens with one attached hydrogen (secondary N) is 1. The number of ether oxygens (including phenoxy) is 3. The van der Waals surface area contributed by atoms with E-state index in [1.807, 2.05) is 6.92 Å². The molecule has 1 N–H and O–H groups in total. The number of aromatic nitrogens is 2. The maximum atomic E-state index is 12.4. The first-order valence-corrected chi connectivity index (χ1v) is 10.4. The molecule has 0 spiro atoms. The van der Waals surface area contributed by atoms with Crippen molar-refractivity contribution in [3.63, 3.8) is 0 Å². The van der Waals surface area contributed by atoms with Gasteiger partial charge in [-0.2, -0.15) is 8.75 Å². The van der Waals surface area contributed by atoms with Gasteiger partial charge in [0.15, 0.2) is 18.1 Å². The summed E-state index contributed by atoms with van der Waals surface area (Å²) >= 11 is 1.06. The molecule has 0 aliphatic rings. The monoisotopic (exact) mass is 429 g/mol. The number of hydrogen-bond donors (Lipinski definition) is 1. The number of fused-ring (bicyclic) bond motifs is 1. The number of esters is 1. The lowest BCUT2D eigenvalue weighted by Gasteiger charge is -2.13. The number of benzene rings is 2. The molecule has 1 aromatic heterocycles. The van der Waals surface area contributed by atoms with Crippen molar-refractivity contribution in [1.82, 2.24) is 8.75 Å². The quantitative estimate of drug-likeness (QED) is 0.383. The van der Waals surface area contributed by atoms with Gasteiger partial charge in [0.25, 0.3) is 5.91 Å². The number of anilines is 1. The fourth-order valence-electron chi connectivity index (χ4n) is 2.66. The number of unbranched alkanes of at least 4 members (excludes halogenated alkanes) is 1. The van der Waals surface area contributed by atoms with Gasteiger partial charge < -0.3 is 19.5 Å². The Hall–Kier alpha value is -3.20. The van der Waals surface area contributed by atoms with Crippen LogP contribution in [0.5, 0.6) is 11.5 Å². The van der Waals surface area contributed by atoms with Crippen LogP contribution in [-0.4, -0.2) is 40.4 Å². The van der Waals surface area contributed by atoms with Gasteiger partial charge >= 0.3 is 5.97 Å². The summed E-state index contributed by atoms with van der Waals surface area (Å²) in [6.07, 6.45) is 1.94. The molecule has 3 aromatic rings. The Morgan fingerprint density at radius 3 is 2.73 bits per heavy atom. The molecular weight excluding hydrogens is 406 g/mol. The van der Waals surface area contributed by atoms with E-state index < -0.39 is 18.5 Å². The second-order valence-electron chi connectivity index (χ2n) is 6.36. The van der Waals surface area contributed by atoms with Gasteiger partial charge in [0, 0.05) is 0 Å². The van der Waals surface area contributed by atoms with Gasteiger partial charge in [-0.15, -0.1) is 0 Å². The van der Waals surface area contributed by atoms with Crippen LogP contribution in [0.15, 0.2) is 36.4 Å². The van der Waals surface area contributed by atoms with E-state index in [1.165, 1.54) is 0 Å². The minimum atomic E-state index is -0.625. The van der Waals surface area contributed by atoms with Gasteiger partial charge in [-0.1, -0.05) is 19.4 Å². The summed E-state index contributed by atoms with van der Waals surface area (Å²) in [5, 5.41) is 2.69. The lowest BCUT2D eigenvalue weighted by atomic mass is 10.2. The summed E-state index contributed by atoms with van der Waals surface area (Å²) in [5.41, 5.74) is 2.09. The van der Waals surface area contributed by atoms with Crippen molar-refractivity contribution < 1.29 is 23.8 Å². The van der Waals surface area contributed by atoms with Crippen LogP contribution in [0, 0.1) is 0 Å². The maximum absolute atomic E-state index is 12.4. The summed E-state index contributed by atoms with van der Waals surface area (Å²) in [6, 6.07) is 10.1. The Morgan fingerprint density at radius 1 is 1.07 bits per heavy atom. The third-order valence-corrected chi connectivity index (χ3v) is 4.67. The molecule has 1 amide bonds. The number of nitrogens with zero attached hydrogens (tertiary/aromatic N) is 2. The maximum Gasteiger partial charge on any atom is 0.338 e. The molecule has 0 saturated heterocycles. The summed E-state index contributed by atoms with van der Waals surface area (Å²) in [7, 11) is 0. The van der Waals surface area contributed by atoms with Crippen LogP contribution in [0.3, 0.4) is 0 Å². The van der Waals surface area contributed by atoms with E-state index in [-0.39, 0.29) is 5.56 Å². The van der Waals surface area contributed by atoms with E-state index in [0.717, 1.165) is 24.6 Å². The van der Waals surface area contributed by atoms with Gasteiger partial charge in [0.1, 0.15) is 11.0 Å². The zero-order valence-electron chi connectivity index (χ0n) is 16.8. The molecule has 0 aliphatic heterocycles. The van der Waals surface area contributed by atoms with Crippen LogP contribution < -0.4 is 14.8 Å². The molecular formula is C21H23N3O5S. The smallest absolute Gasteiger partial charge is 0.338 e. The Morgan fingerprint density at radius 2 is 1.93 bits per heavy atom. The van der Waals surface area contributed by atoms with E-state index in [4.69, 9.17) is 14.2 Å². The molecule has 2 aromatic carbocycles. The van der Waals surface area contributed by atoms with Crippen LogP contribution in [0.2, 0.25) is 0 Å². The van der Waals surface area contributed by atoms with Gasteiger partial charge in [0.2, 0.25) is 0 Å². The molecule has 9 heteroatoms. The standard InChI is InChI=1S/C21H23N3O5S/c1-3-5-11-28-17-10-9-14(12-18(17)27-4-2)21(26)29-13-19(25)22-15-7-6-8-16-20(15)24-30-23-16/h6-10,12H,3-5,11,13H2,1-2H3,(H,22,25). The van der Waals surface area contributed by atoms with Crippen molar-refractivity contribution in [1.29, 1.82) is 0 Å². The first-order chi connectivity index (χ1) is 14.6. The number of carbonyl (C=O) groups is 2. The van der Waals surface area contributed by atoms with Crippen LogP contribution in [0.4, 0.5) is 5.69 Å². The molecule has 0 fully saturated rings. The van der Waals surface area contributed by atoms with Crippen molar-refractivity contribution in [2.75, 3.05) is 25.1 Å². The molecule has 8 nitrogen and oxygen atoms in total. The SMILES string of the molecule is CCCCOc1ccc(C(=O)OCC(=O)Nc2cccc3nsnc23)cc1OCC. The first kappa shape index (κ1) is 21.5. The van der Waals surface area contributed by atoms with E-state index >= 15 is 0 Å². The molecule has 1 heterocycles. The highest BCUT2D eigenvalue weighted by molar-refractivity contribution is 7.00. The molecule has 0 aliphatic carbocycles. The first-order valence-electron chi connectivity index (χ1n) is 9.70. The van der Waals surface area contributed by atoms with Gasteiger partial charge in [-0.25, -0.2) is 4.79 Å². The van der Waals surface area contributed by atoms with Gasteiger partial charge in [-0.05, 0) is 43.7 Å². The molecule has 158 valence electrons. The molecule has 0 radical (unpaired) electrons. The second kappa shape index (κ2) is 10.5. The van der Waals surface area contributed by atoms with Crippen molar-refractivity contribution >= 4 is 40.3 Å². The second-order valence-corrected chi connectivity index (χ2v) is 6.89.